The van der Waals surface area contributed by atoms with Gasteiger partial charge < -0.3 is 15.0 Å². The Morgan fingerprint density at radius 3 is 3.07 bits per heavy atom. The molecule has 0 aromatic carbocycles. The molecule has 8 heteroatoms. The molecule has 0 fully saturated rings. The maximum Gasteiger partial charge on any atom is 0.410 e. The van der Waals surface area contributed by atoms with E-state index in [-0.39, 0.29) is 12.0 Å². The van der Waals surface area contributed by atoms with E-state index in [4.69, 9.17) is 4.74 Å². The summed E-state index contributed by atoms with van der Waals surface area (Å²) in [6.45, 7) is 2.96. The van der Waals surface area contributed by atoms with Crippen molar-refractivity contribution in [3.05, 3.63) is 52.2 Å². The first kappa shape index (κ1) is 18.6. The van der Waals surface area contributed by atoms with Crippen LogP contribution in [0.2, 0.25) is 0 Å². The Morgan fingerprint density at radius 2 is 2.37 bits per heavy atom. The Balaban J connectivity index is 1.74. The quantitative estimate of drug-likeness (QED) is 0.820. The average Bonchev–Trinajstić information content (AvgIpc) is 3.03. The number of amides is 2. The number of nitriles is 1. The van der Waals surface area contributed by atoms with Crippen molar-refractivity contribution in [3.8, 4) is 6.07 Å². The number of thiophene rings is 1. The van der Waals surface area contributed by atoms with Gasteiger partial charge in [-0.15, -0.1) is 11.3 Å². The number of carbonyl (C=O) groups is 2. The number of hydrogen-bond acceptors (Lipinski definition) is 6. The zero-order valence-electron chi connectivity index (χ0n) is 14.8. The molecule has 0 aliphatic carbocycles. The summed E-state index contributed by atoms with van der Waals surface area (Å²) < 4.78 is 5.04. The maximum atomic E-state index is 12.2. The minimum Gasteiger partial charge on any atom is -0.450 e. The number of aromatic nitrogens is 1. The van der Waals surface area contributed by atoms with E-state index in [1.165, 1.54) is 17.4 Å². The Bertz CT molecular complexity index is 915. The SMILES string of the molecule is CCOC(=O)N1CCc2c(sc(NC(=O)/C=C/c3cccnc3)c2C#N)C1. The maximum absolute atomic E-state index is 12.2. The number of pyridine rings is 1. The van der Waals surface area contributed by atoms with Crippen LogP contribution in [0.15, 0.2) is 30.6 Å². The van der Waals surface area contributed by atoms with Gasteiger partial charge in [0.1, 0.15) is 11.1 Å². The lowest BCUT2D eigenvalue weighted by Gasteiger charge is -2.25. The molecule has 2 aromatic rings. The molecule has 0 saturated carbocycles. The van der Waals surface area contributed by atoms with Gasteiger partial charge in [0.25, 0.3) is 0 Å². The van der Waals surface area contributed by atoms with Crippen LogP contribution in [-0.4, -0.2) is 35.0 Å². The fourth-order valence-electron chi connectivity index (χ4n) is 2.78. The van der Waals surface area contributed by atoms with E-state index >= 15 is 0 Å². The highest BCUT2D eigenvalue weighted by molar-refractivity contribution is 7.16. The molecule has 27 heavy (non-hydrogen) atoms. The van der Waals surface area contributed by atoms with Gasteiger partial charge in [-0.05, 0) is 36.6 Å². The third kappa shape index (κ3) is 4.33. The second-order valence-corrected chi connectivity index (χ2v) is 6.90. The smallest absolute Gasteiger partial charge is 0.410 e. The molecule has 138 valence electrons. The highest BCUT2D eigenvalue weighted by atomic mass is 32.1. The molecular weight excluding hydrogens is 364 g/mol. The summed E-state index contributed by atoms with van der Waals surface area (Å²) in [5, 5.41) is 12.8. The van der Waals surface area contributed by atoms with Gasteiger partial charge in [0.05, 0.1) is 18.7 Å². The molecular formula is C19H18N4O3S. The van der Waals surface area contributed by atoms with Gasteiger partial charge in [-0.1, -0.05) is 6.07 Å². The third-order valence-corrected chi connectivity index (χ3v) is 5.18. The molecule has 2 amide bonds. The molecule has 3 rings (SSSR count). The lowest BCUT2D eigenvalue weighted by Crippen LogP contribution is -2.35. The van der Waals surface area contributed by atoms with Crippen LogP contribution in [0.3, 0.4) is 0 Å². The monoisotopic (exact) mass is 382 g/mol. The lowest BCUT2D eigenvalue weighted by molar-refractivity contribution is -0.111. The molecule has 2 aromatic heterocycles. The molecule has 0 bridgehead atoms. The Kier molecular flexibility index (Phi) is 5.84. The summed E-state index contributed by atoms with van der Waals surface area (Å²) in [4.78, 5) is 30.6. The molecule has 0 atom stereocenters. The highest BCUT2D eigenvalue weighted by Gasteiger charge is 2.27. The first-order chi connectivity index (χ1) is 13.1. The van der Waals surface area contributed by atoms with Crippen LogP contribution in [0, 0.1) is 11.3 Å². The molecule has 1 aliphatic heterocycles. The zero-order valence-corrected chi connectivity index (χ0v) is 15.6. The fourth-order valence-corrected chi connectivity index (χ4v) is 4.00. The normalized spacial score (nSPS) is 13.1. The van der Waals surface area contributed by atoms with Crippen LogP contribution in [0.5, 0.6) is 0 Å². The van der Waals surface area contributed by atoms with Crippen molar-refractivity contribution in [2.75, 3.05) is 18.5 Å². The molecule has 7 nitrogen and oxygen atoms in total. The standard InChI is InChI=1S/C19H18N4O3S/c1-2-26-19(25)23-9-7-14-15(10-20)18(27-16(14)12-23)22-17(24)6-5-13-4-3-8-21-11-13/h3-6,8,11H,2,7,9,12H2,1H3,(H,22,24)/b6-5+. The predicted molar refractivity (Wildman–Crippen MR) is 102 cm³/mol. The largest absolute Gasteiger partial charge is 0.450 e. The summed E-state index contributed by atoms with van der Waals surface area (Å²) in [5.41, 5.74) is 2.18. The topological polar surface area (TPSA) is 95.3 Å². The van der Waals surface area contributed by atoms with Crippen LogP contribution >= 0.6 is 11.3 Å². The minimum atomic E-state index is -0.361. The van der Waals surface area contributed by atoms with Crippen LogP contribution in [0.1, 0.15) is 28.5 Å². The van der Waals surface area contributed by atoms with Gasteiger partial charge in [0, 0.05) is 29.9 Å². The molecule has 3 heterocycles. The Morgan fingerprint density at radius 1 is 1.52 bits per heavy atom. The number of nitrogens with zero attached hydrogens (tertiary/aromatic N) is 3. The van der Waals surface area contributed by atoms with Crippen LogP contribution in [-0.2, 0) is 22.5 Å². The van der Waals surface area contributed by atoms with Crippen LogP contribution in [0.25, 0.3) is 6.08 Å². The van der Waals surface area contributed by atoms with Gasteiger partial charge in [0.15, 0.2) is 0 Å². The van der Waals surface area contributed by atoms with E-state index in [1.807, 2.05) is 6.07 Å². The van der Waals surface area contributed by atoms with E-state index in [1.54, 1.807) is 36.4 Å². The Hall–Kier alpha value is -3.18. The van der Waals surface area contributed by atoms with Crippen molar-refractivity contribution >= 4 is 34.4 Å². The average molecular weight is 382 g/mol. The summed E-state index contributed by atoms with van der Waals surface area (Å²) >= 11 is 1.33. The summed E-state index contributed by atoms with van der Waals surface area (Å²) in [6.07, 6.45) is 6.58. The van der Waals surface area contributed by atoms with Crippen molar-refractivity contribution in [2.45, 2.75) is 19.9 Å². The van der Waals surface area contributed by atoms with Crippen molar-refractivity contribution in [3.63, 3.8) is 0 Å². The van der Waals surface area contributed by atoms with E-state index in [9.17, 15) is 14.9 Å². The van der Waals surface area contributed by atoms with Gasteiger partial charge in [-0.3, -0.25) is 9.78 Å². The number of hydrogen-bond donors (Lipinski definition) is 1. The number of carbonyl (C=O) groups excluding carboxylic acids is 2. The van der Waals surface area contributed by atoms with Gasteiger partial charge in [-0.2, -0.15) is 5.26 Å². The predicted octanol–water partition coefficient (Wildman–Crippen LogP) is 3.18. The number of fused-ring (bicyclic) bond motifs is 1. The van der Waals surface area contributed by atoms with E-state index in [0.717, 1.165) is 16.0 Å². The first-order valence-corrected chi connectivity index (χ1v) is 9.29. The number of anilines is 1. The fraction of sp³-hybridized carbons (Fsp3) is 0.263. The number of ether oxygens (including phenoxy) is 1. The third-order valence-electron chi connectivity index (χ3n) is 4.04. The minimum absolute atomic E-state index is 0.320. The summed E-state index contributed by atoms with van der Waals surface area (Å²) in [7, 11) is 0. The van der Waals surface area contributed by atoms with Gasteiger partial charge in [-0.25, -0.2) is 4.79 Å². The molecule has 0 radical (unpaired) electrons. The number of rotatable bonds is 4. The first-order valence-electron chi connectivity index (χ1n) is 8.47. The summed E-state index contributed by atoms with van der Waals surface area (Å²) in [5.74, 6) is -0.323. The number of nitrogens with one attached hydrogen (secondary N) is 1. The zero-order chi connectivity index (χ0) is 19.2. The highest BCUT2D eigenvalue weighted by Crippen LogP contribution is 2.36. The van der Waals surface area contributed by atoms with Crippen molar-refractivity contribution in [1.29, 1.82) is 5.26 Å². The second kappa shape index (κ2) is 8.47. The Labute approximate surface area is 160 Å². The summed E-state index contributed by atoms with van der Waals surface area (Å²) in [6, 6.07) is 5.80. The molecule has 0 spiro atoms. The molecule has 0 saturated heterocycles. The molecule has 0 unspecified atom stereocenters. The lowest BCUT2D eigenvalue weighted by atomic mass is 10.0. The van der Waals surface area contributed by atoms with E-state index in [0.29, 0.717) is 36.7 Å². The van der Waals surface area contributed by atoms with Crippen LogP contribution < -0.4 is 5.32 Å². The van der Waals surface area contributed by atoms with Crippen LogP contribution in [0.4, 0.5) is 9.80 Å². The van der Waals surface area contributed by atoms with E-state index in [2.05, 4.69) is 16.4 Å². The van der Waals surface area contributed by atoms with Gasteiger partial charge >= 0.3 is 6.09 Å². The van der Waals surface area contributed by atoms with E-state index < -0.39 is 0 Å². The van der Waals surface area contributed by atoms with Crippen molar-refractivity contribution in [2.24, 2.45) is 0 Å². The van der Waals surface area contributed by atoms with Crippen molar-refractivity contribution < 1.29 is 14.3 Å². The second-order valence-electron chi connectivity index (χ2n) is 5.80. The van der Waals surface area contributed by atoms with Crippen molar-refractivity contribution in [1.82, 2.24) is 9.88 Å². The molecule has 1 aliphatic rings. The van der Waals surface area contributed by atoms with Gasteiger partial charge in [0.2, 0.25) is 5.91 Å². The molecule has 1 N–H and O–H groups in total.